The van der Waals surface area contributed by atoms with Gasteiger partial charge in [-0.25, -0.2) is 0 Å². The fourth-order valence-corrected chi connectivity index (χ4v) is 5.05. The normalized spacial score (nSPS) is 26.0. The van der Waals surface area contributed by atoms with Gasteiger partial charge in [-0.2, -0.15) is 18.3 Å². The number of aromatic nitrogens is 2. The number of halogens is 3. The highest BCUT2D eigenvalue weighted by molar-refractivity contribution is 5.96. The van der Waals surface area contributed by atoms with E-state index in [-0.39, 0.29) is 11.3 Å². The summed E-state index contributed by atoms with van der Waals surface area (Å²) in [6.07, 6.45) is -2.02. The largest absolute Gasteiger partial charge is 0.433 e. The van der Waals surface area contributed by atoms with Gasteiger partial charge in [0.05, 0.1) is 17.3 Å². The van der Waals surface area contributed by atoms with E-state index in [0.29, 0.717) is 4.68 Å². The van der Waals surface area contributed by atoms with Crippen molar-refractivity contribution in [2.75, 3.05) is 0 Å². The molecule has 1 fully saturated rings. The molecule has 2 aromatic rings. The third kappa shape index (κ3) is 2.03. The van der Waals surface area contributed by atoms with E-state index in [2.05, 4.69) is 30.3 Å². The van der Waals surface area contributed by atoms with Crippen molar-refractivity contribution in [2.24, 2.45) is 12.5 Å². The van der Waals surface area contributed by atoms with Gasteiger partial charge in [-0.1, -0.05) is 38.1 Å². The minimum absolute atomic E-state index is 0.271. The Balaban J connectivity index is 1.78. The molecule has 2 aliphatic carbocycles. The predicted octanol–water partition coefficient (Wildman–Crippen LogP) is 3.98. The Hall–Kier alpha value is -2.31. The van der Waals surface area contributed by atoms with E-state index in [4.69, 9.17) is 0 Å². The molecule has 4 rings (SSSR count). The topological polar surface area (TPSA) is 46.9 Å². The Bertz CT molecular complexity index is 900. The van der Waals surface area contributed by atoms with Gasteiger partial charge in [0, 0.05) is 7.05 Å². The smallest absolute Gasteiger partial charge is 0.342 e. The van der Waals surface area contributed by atoms with Gasteiger partial charge in [0.2, 0.25) is 0 Å². The SMILES string of the molecule is Cn1ncc(C(=O)NC23CCC(c4ccccc42)C3(C)C)c1C(F)(F)F. The van der Waals surface area contributed by atoms with Crippen molar-refractivity contribution in [3.63, 3.8) is 0 Å². The summed E-state index contributed by atoms with van der Waals surface area (Å²) in [7, 11) is 1.19. The Labute approximate surface area is 149 Å². The van der Waals surface area contributed by atoms with Crippen molar-refractivity contribution in [1.29, 1.82) is 0 Å². The molecule has 2 aliphatic rings. The van der Waals surface area contributed by atoms with Crippen molar-refractivity contribution in [3.8, 4) is 0 Å². The molecule has 1 saturated carbocycles. The molecule has 26 heavy (non-hydrogen) atoms. The summed E-state index contributed by atoms with van der Waals surface area (Å²) in [6.45, 7) is 4.16. The molecule has 1 aromatic heterocycles. The van der Waals surface area contributed by atoms with Gasteiger partial charge in [-0.3, -0.25) is 9.48 Å². The third-order valence-electron chi connectivity index (χ3n) is 6.35. The number of rotatable bonds is 2. The molecular formula is C19H20F3N3O. The van der Waals surface area contributed by atoms with E-state index in [1.165, 1.54) is 12.6 Å². The molecule has 1 amide bonds. The van der Waals surface area contributed by atoms with Crippen LogP contribution >= 0.6 is 0 Å². The molecule has 1 N–H and O–H groups in total. The van der Waals surface area contributed by atoms with Gasteiger partial charge in [0.15, 0.2) is 5.69 Å². The second-order valence-corrected chi connectivity index (χ2v) is 7.79. The zero-order valence-corrected chi connectivity index (χ0v) is 14.8. The van der Waals surface area contributed by atoms with Gasteiger partial charge >= 0.3 is 6.18 Å². The number of fused-ring (bicyclic) bond motifs is 5. The van der Waals surface area contributed by atoms with Crippen LogP contribution in [0.3, 0.4) is 0 Å². The van der Waals surface area contributed by atoms with E-state index in [9.17, 15) is 18.0 Å². The second kappa shape index (κ2) is 5.11. The lowest BCUT2D eigenvalue weighted by molar-refractivity contribution is -0.144. The molecule has 0 saturated heterocycles. The fourth-order valence-electron chi connectivity index (χ4n) is 5.05. The summed E-state index contributed by atoms with van der Waals surface area (Å²) in [5, 5.41) is 6.63. The first kappa shape index (κ1) is 17.1. The summed E-state index contributed by atoms with van der Waals surface area (Å²) in [5.41, 5.74) is -0.182. The van der Waals surface area contributed by atoms with Crippen molar-refractivity contribution in [3.05, 3.63) is 52.8 Å². The van der Waals surface area contributed by atoms with Crippen LogP contribution in [0, 0.1) is 5.41 Å². The first-order valence-electron chi connectivity index (χ1n) is 8.61. The standard InChI is InChI=1S/C19H20F3N3O/c1-17(2)13-8-9-18(17,14-7-5-4-6-11(13)14)24-16(26)12-10-23-25(3)15(12)19(20,21)22/h4-7,10,13H,8-9H2,1-3H3,(H,24,26). The minimum atomic E-state index is -4.64. The fraction of sp³-hybridized carbons (Fsp3) is 0.474. The van der Waals surface area contributed by atoms with E-state index in [0.717, 1.165) is 24.6 Å². The molecule has 7 heteroatoms. The number of carbonyl (C=O) groups is 1. The molecule has 1 heterocycles. The monoisotopic (exact) mass is 363 g/mol. The molecule has 4 nitrogen and oxygen atoms in total. The van der Waals surface area contributed by atoms with E-state index in [1.54, 1.807) is 0 Å². The molecule has 0 aliphatic heterocycles. The first-order valence-corrected chi connectivity index (χ1v) is 8.61. The Kier molecular flexibility index (Phi) is 3.37. The molecule has 1 aromatic carbocycles. The lowest BCUT2D eigenvalue weighted by atomic mass is 9.74. The third-order valence-corrected chi connectivity index (χ3v) is 6.35. The number of alkyl halides is 3. The van der Waals surface area contributed by atoms with E-state index < -0.39 is 28.9 Å². The van der Waals surface area contributed by atoms with Crippen LogP contribution in [0.4, 0.5) is 13.2 Å². The lowest BCUT2D eigenvalue weighted by Crippen LogP contribution is -2.51. The van der Waals surface area contributed by atoms with Crippen LogP contribution in [0.2, 0.25) is 0 Å². The van der Waals surface area contributed by atoms with Crippen LogP contribution in [-0.2, 0) is 18.8 Å². The van der Waals surface area contributed by atoms with Crippen LogP contribution in [0.1, 0.15) is 59.8 Å². The van der Waals surface area contributed by atoms with Crippen molar-refractivity contribution in [1.82, 2.24) is 15.1 Å². The van der Waals surface area contributed by atoms with Crippen molar-refractivity contribution >= 4 is 5.91 Å². The molecule has 138 valence electrons. The number of carbonyl (C=O) groups excluding carboxylic acids is 1. The van der Waals surface area contributed by atoms with Gasteiger partial charge in [0.25, 0.3) is 5.91 Å². The quantitative estimate of drug-likeness (QED) is 0.877. The summed E-state index contributed by atoms with van der Waals surface area (Å²) in [5.74, 6) is -0.439. The van der Waals surface area contributed by atoms with Gasteiger partial charge in [-0.15, -0.1) is 0 Å². The van der Waals surface area contributed by atoms with Crippen LogP contribution < -0.4 is 5.32 Å². The van der Waals surface area contributed by atoms with Crippen LogP contribution in [0.25, 0.3) is 0 Å². The number of amides is 1. The highest BCUT2D eigenvalue weighted by Crippen LogP contribution is 2.66. The predicted molar refractivity (Wildman–Crippen MR) is 89.6 cm³/mol. The zero-order chi connectivity index (χ0) is 18.9. The summed E-state index contributed by atoms with van der Waals surface area (Å²) >= 11 is 0. The number of nitrogens with zero attached hydrogens (tertiary/aromatic N) is 2. The Morgan fingerprint density at radius 1 is 1.31 bits per heavy atom. The Morgan fingerprint density at radius 2 is 2.00 bits per heavy atom. The first-order chi connectivity index (χ1) is 12.1. The van der Waals surface area contributed by atoms with Crippen LogP contribution in [-0.4, -0.2) is 15.7 Å². The average molecular weight is 363 g/mol. The molecule has 0 spiro atoms. The Morgan fingerprint density at radius 3 is 2.69 bits per heavy atom. The van der Waals surface area contributed by atoms with Gasteiger partial charge in [0.1, 0.15) is 0 Å². The van der Waals surface area contributed by atoms with Gasteiger partial charge < -0.3 is 5.32 Å². The average Bonchev–Trinajstić information content (AvgIpc) is 3.12. The van der Waals surface area contributed by atoms with E-state index >= 15 is 0 Å². The molecule has 2 atom stereocenters. The lowest BCUT2D eigenvalue weighted by Gasteiger charge is -2.39. The number of hydrogen-bond acceptors (Lipinski definition) is 2. The highest BCUT2D eigenvalue weighted by Gasteiger charge is 2.62. The number of benzene rings is 1. The van der Waals surface area contributed by atoms with Crippen molar-refractivity contribution < 1.29 is 18.0 Å². The van der Waals surface area contributed by atoms with Crippen molar-refractivity contribution in [2.45, 2.75) is 44.3 Å². The van der Waals surface area contributed by atoms with Gasteiger partial charge in [-0.05, 0) is 35.3 Å². The molecule has 2 unspecified atom stereocenters. The number of hydrogen-bond donors (Lipinski definition) is 1. The number of aryl methyl sites for hydroxylation is 1. The molecule has 0 radical (unpaired) electrons. The maximum Gasteiger partial charge on any atom is 0.433 e. The van der Waals surface area contributed by atoms with Crippen LogP contribution in [0.15, 0.2) is 30.5 Å². The van der Waals surface area contributed by atoms with E-state index in [1.807, 2.05) is 18.2 Å². The number of nitrogens with one attached hydrogen (secondary N) is 1. The maximum absolute atomic E-state index is 13.4. The zero-order valence-electron chi connectivity index (χ0n) is 14.8. The minimum Gasteiger partial charge on any atom is -0.342 e. The van der Waals surface area contributed by atoms with Crippen LogP contribution in [0.5, 0.6) is 0 Å². The highest BCUT2D eigenvalue weighted by atomic mass is 19.4. The maximum atomic E-state index is 13.4. The molecular weight excluding hydrogens is 343 g/mol. The second-order valence-electron chi connectivity index (χ2n) is 7.79. The summed E-state index contributed by atoms with van der Waals surface area (Å²) in [6, 6.07) is 7.91. The summed E-state index contributed by atoms with van der Waals surface area (Å²) in [4.78, 5) is 12.9. The summed E-state index contributed by atoms with van der Waals surface area (Å²) < 4.78 is 40.8. The molecule has 2 bridgehead atoms.